The lowest BCUT2D eigenvalue weighted by Gasteiger charge is -2.08. The number of methoxy groups -OCH3 is 2. The number of alkyl halides is 1. The molecule has 3 nitrogen and oxygen atoms in total. The summed E-state index contributed by atoms with van der Waals surface area (Å²) in [7, 11) is 3.37. The fourth-order valence-electron chi connectivity index (χ4n) is 2.73. The second kappa shape index (κ2) is 6.42. The third-order valence-corrected chi connectivity index (χ3v) is 5.31. The molecule has 1 aromatic heterocycles. The van der Waals surface area contributed by atoms with E-state index in [1.807, 2.05) is 0 Å². The topological polar surface area (TPSA) is 23.4 Å². The van der Waals surface area contributed by atoms with Crippen LogP contribution in [0.4, 0.5) is 0 Å². The molecule has 0 saturated carbocycles. The molecule has 0 aliphatic rings. The van der Waals surface area contributed by atoms with Gasteiger partial charge in [0.25, 0.3) is 0 Å². The van der Waals surface area contributed by atoms with Crippen molar-refractivity contribution in [2.45, 2.75) is 6.54 Å². The van der Waals surface area contributed by atoms with E-state index in [2.05, 4.69) is 76.6 Å². The lowest BCUT2D eigenvalue weighted by Crippen LogP contribution is -1.99. The Hall–Kier alpha value is -0.720. The van der Waals surface area contributed by atoms with E-state index < -0.39 is 0 Å². The molecule has 0 radical (unpaired) electrons. The molecule has 3 rings (SSSR count). The molecule has 0 atom stereocenters. The van der Waals surface area contributed by atoms with E-state index in [4.69, 9.17) is 9.47 Å². The molecule has 0 N–H and O–H groups in total. The van der Waals surface area contributed by atoms with Crippen LogP contribution in [0.3, 0.4) is 0 Å². The van der Waals surface area contributed by atoms with Crippen LogP contribution in [0.15, 0.2) is 33.2 Å². The highest BCUT2D eigenvalue weighted by atomic mass is 79.9. The summed E-state index contributed by atoms with van der Waals surface area (Å²) in [6.45, 7) is 0.871. The maximum absolute atomic E-state index is 5.44. The molecule has 6 heteroatoms. The Morgan fingerprint density at radius 2 is 1.32 bits per heavy atom. The summed E-state index contributed by atoms with van der Waals surface area (Å²) in [6.07, 6.45) is 0. The summed E-state index contributed by atoms with van der Waals surface area (Å²) in [5, 5.41) is 3.25. The summed E-state index contributed by atoms with van der Waals surface area (Å²) in [5.74, 6) is 1.66. The number of ether oxygens (including phenoxy) is 2. The van der Waals surface area contributed by atoms with Gasteiger partial charge < -0.3 is 14.0 Å². The Balaban J connectivity index is 2.45. The van der Waals surface area contributed by atoms with E-state index >= 15 is 0 Å². The van der Waals surface area contributed by atoms with Gasteiger partial charge in [0, 0.05) is 34.8 Å². The quantitative estimate of drug-likeness (QED) is 0.435. The number of rotatable bonds is 4. The Bertz CT molecular complexity index is 791. The third-order valence-electron chi connectivity index (χ3n) is 3.72. The van der Waals surface area contributed by atoms with Gasteiger partial charge in [0.1, 0.15) is 11.5 Å². The molecule has 0 aliphatic carbocycles. The summed E-state index contributed by atoms with van der Waals surface area (Å²) in [4.78, 5) is 0. The molecule has 0 amide bonds. The predicted molar refractivity (Wildman–Crippen MR) is 102 cm³/mol. The SMILES string of the molecule is COc1cc2c(cc1Br)c1cc(Br)c(OC)cc1n2CCBr. The van der Waals surface area contributed by atoms with Gasteiger partial charge >= 0.3 is 0 Å². The minimum Gasteiger partial charge on any atom is -0.495 e. The molecule has 3 aromatic rings. The van der Waals surface area contributed by atoms with E-state index in [1.54, 1.807) is 14.2 Å². The van der Waals surface area contributed by atoms with Crippen LogP contribution in [0.2, 0.25) is 0 Å². The van der Waals surface area contributed by atoms with Gasteiger partial charge in [-0.25, -0.2) is 0 Å². The van der Waals surface area contributed by atoms with Crippen molar-refractivity contribution in [2.75, 3.05) is 19.5 Å². The molecule has 22 heavy (non-hydrogen) atoms. The second-order valence-corrected chi connectivity index (χ2v) is 7.35. The number of benzene rings is 2. The molecular formula is C16H14Br3NO2. The van der Waals surface area contributed by atoms with Crippen molar-refractivity contribution in [3.05, 3.63) is 33.2 Å². The first kappa shape index (κ1) is 16.1. The van der Waals surface area contributed by atoms with Crippen molar-refractivity contribution in [2.24, 2.45) is 0 Å². The zero-order valence-corrected chi connectivity index (χ0v) is 16.9. The first-order valence-electron chi connectivity index (χ1n) is 6.69. The molecule has 2 aromatic carbocycles. The predicted octanol–water partition coefficient (Wildman–Crippen LogP) is 5.73. The Kier molecular flexibility index (Phi) is 4.71. The van der Waals surface area contributed by atoms with Crippen molar-refractivity contribution in [3.63, 3.8) is 0 Å². The maximum Gasteiger partial charge on any atom is 0.135 e. The minimum atomic E-state index is 0.831. The van der Waals surface area contributed by atoms with Crippen LogP contribution in [0.25, 0.3) is 21.8 Å². The van der Waals surface area contributed by atoms with Crippen LogP contribution in [-0.4, -0.2) is 24.1 Å². The molecule has 0 fully saturated rings. The Labute approximate surface area is 154 Å². The van der Waals surface area contributed by atoms with Crippen LogP contribution < -0.4 is 9.47 Å². The highest BCUT2D eigenvalue weighted by molar-refractivity contribution is 9.11. The van der Waals surface area contributed by atoms with Gasteiger partial charge in [-0.15, -0.1) is 0 Å². The van der Waals surface area contributed by atoms with Gasteiger partial charge in [0.2, 0.25) is 0 Å². The van der Waals surface area contributed by atoms with E-state index in [1.165, 1.54) is 10.8 Å². The molecule has 116 valence electrons. The zero-order chi connectivity index (χ0) is 15.9. The van der Waals surface area contributed by atoms with Crippen LogP contribution in [0.5, 0.6) is 11.5 Å². The molecule has 0 unspecified atom stereocenters. The highest BCUT2D eigenvalue weighted by Gasteiger charge is 2.16. The number of hydrogen-bond acceptors (Lipinski definition) is 2. The van der Waals surface area contributed by atoms with E-state index in [9.17, 15) is 0 Å². The average Bonchev–Trinajstić information content (AvgIpc) is 2.79. The average molecular weight is 492 g/mol. The molecular weight excluding hydrogens is 478 g/mol. The third kappa shape index (κ3) is 2.55. The van der Waals surface area contributed by atoms with Crippen LogP contribution in [-0.2, 0) is 6.54 Å². The number of nitrogens with zero attached hydrogens (tertiary/aromatic N) is 1. The summed E-state index contributed by atoms with van der Waals surface area (Å²) in [6, 6.07) is 8.37. The fraction of sp³-hybridized carbons (Fsp3) is 0.250. The van der Waals surface area contributed by atoms with E-state index in [0.717, 1.165) is 43.4 Å². The van der Waals surface area contributed by atoms with Gasteiger partial charge in [-0.05, 0) is 44.0 Å². The molecule has 0 bridgehead atoms. The smallest absolute Gasteiger partial charge is 0.135 e. The van der Waals surface area contributed by atoms with Crippen molar-refractivity contribution >= 4 is 69.6 Å². The number of aryl methyl sites for hydroxylation is 1. The minimum absolute atomic E-state index is 0.831. The maximum atomic E-state index is 5.44. The van der Waals surface area contributed by atoms with Crippen molar-refractivity contribution in [1.82, 2.24) is 4.57 Å². The normalized spacial score (nSPS) is 11.3. The van der Waals surface area contributed by atoms with Gasteiger partial charge in [-0.2, -0.15) is 0 Å². The summed E-state index contributed by atoms with van der Waals surface area (Å²) >= 11 is 10.7. The van der Waals surface area contributed by atoms with E-state index in [0.29, 0.717) is 0 Å². The fourth-order valence-corrected chi connectivity index (χ4v) is 4.10. The summed E-state index contributed by atoms with van der Waals surface area (Å²) < 4.78 is 15.1. The van der Waals surface area contributed by atoms with Gasteiger partial charge in [0.05, 0.1) is 34.2 Å². The van der Waals surface area contributed by atoms with Crippen LogP contribution >= 0.6 is 47.8 Å². The van der Waals surface area contributed by atoms with Crippen molar-refractivity contribution < 1.29 is 9.47 Å². The lowest BCUT2D eigenvalue weighted by atomic mass is 10.1. The van der Waals surface area contributed by atoms with Gasteiger partial charge in [0.15, 0.2) is 0 Å². The lowest BCUT2D eigenvalue weighted by molar-refractivity contribution is 0.412. The highest BCUT2D eigenvalue weighted by Crippen LogP contribution is 2.40. The van der Waals surface area contributed by atoms with Gasteiger partial charge in [-0.1, -0.05) is 15.9 Å². The molecule has 1 heterocycles. The largest absolute Gasteiger partial charge is 0.495 e. The van der Waals surface area contributed by atoms with Crippen LogP contribution in [0, 0.1) is 0 Å². The van der Waals surface area contributed by atoms with Crippen molar-refractivity contribution in [3.8, 4) is 11.5 Å². The molecule has 0 spiro atoms. The van der Waals surface area contributed by atoms with Crippen LogP contribution in [0.1, 0.15) is 0 Å². The Morgan fingerprint density at radius 3 is 1.68 bits per heavy atom. The number of aromatic nitrogens is 1. The monoisotopic (exact) mass is 489 g/mol. The second-order valence-electron chi connectivity index (χ2n) is 4.85. The standard InChI is InChI=1S/C16H14Br3NO2/c1-21-15-7-13-9(5-11(15)18)10-6-12(19)16(22-2)8-14(10)20(13)4-3-17/h5-8H,3-4H2,1-2H3. The molecule has 0 aliphatic heterocycles. The molecule has 0 saturated heterocycles. The van der Waals surface area contributed by atoms with Crippen molar-refractivity contribution in [1.29, 1.82) is 0 Å². The van der Waals surface area contributed by atoms with E-state index in [-0.39, 0.29) is 0 Å². The van der Waals surface area contributed by atoms with Gasteiger partial charge in [-0.3, -0.25) is 0 Å². The Morgan fingerprint density at radius 1 is 0.864 bits per heavy atom. The first-order chi connectivity index (χ1) is 10.6. The number of halogens is 3. The first-order valence-corrected chi connectivity index (χ1v) is 9.40. The number of fused-ring (bicyclic) bond motifs is 3. The number of hydrogen-bond donors (Lipinski definition) is 0. The zero-order valence-electron chi connectivity index (χ0n) is 12.1. The summed E-state index contributed by atoms with van der Waals surface area (Å²) in [5.41, 5.74) is 2.30.